The smallest absolute Gasteiger partial charge is 0.129 e. The molecular weight excluding hydrogens is 244 g/mol. The van der Waals surface area contributed by atoms with Gasteiger partial charge in [-0.25, -0.2) is 0 Å². The van der Waals surface area contributed by atoms with Crippen LogP contribution < -0.4 is 24.8 Å². The van der Waals surface area contributed by atoms with Gasteiger partial charge in [-0.15, -0.1) is 0 Å². The minimum absolute atomic E-state index is 0.737. The molecule has 0 spiro atoms. The standard InChI is InChI=1S/C14H24N2O3/c1-15-7-8-16-6-5-12-13(18-3)9-11(17-2)10-14(12)19-4/h9-10,15-16H,5-8H2,1-4H3. The van der Waals surface area contributed by atoms with E-state index in [4.69, 9.17) is 14.2 Å². The van der Waals surface area contributed by atoms with Gasteiger partial charge in [-0.2, -0.15) is 0 Å². The fraction of sp³-hybridized carbons (Fsp3) is 0.571. The summed E-state index contributed by atoms with van der Waals surface area (Å²) in [5.74, 6) is 2.33. The molecule has 0 aliphatic heterocycles. The van der Waals surface area contributed by atoms with Crippen LogP contribution in [0.3, 0.4) is 0 Å². The summed E-state index contributed by atoms with van der Waals surface area (Å²) in [6.07, 6.45) is 0.847. The first kappa shape index (κ1) is 15.6. The quantitative estimate of drug-likeness (QED) is 0.656. The van der Waals surface area contributed by atoms with Crippen molar-refractivity contribution in [2.24, 2.45) is 0 Å². The van der Waals surface area contributed by atoms with E-state index in [1.54, 1.807) is 21.3 Å². The summed E-state index contributed by atoms with van der Waals surface area (Å²) in [5.41, 5.74) is 1.06. The van der Waals surface area contributed by atoms with E-state index in [0.29, 0.717) is 0 Å². The molecule has 1 rings (SSSR count). The molecule has 0 radical (unpaired) electrons. The Balaban J connectivity index is 2.73. The summed E-state index contributed by atoms with van der Waals surface area (Å²) in [6.45, 7) is 2.77. The lowest BCUT2D eigenvalue weighted by molar-refractivity contribution is 0.368. The van der Waals surface area contributed by atoms with Crippen molar-refractivity contribution in [1.82, 2.24) is 10.6 Å². The van der Waals surface area contributed by atoms with Crippen LogP contribution >= 0.6 is 0 Å². The molecule has 0 amide bonds. The molecule has 0 unspecified atom stereocenters. The highest BCUT2D eigenvalue weighted by Crippen LogP contribution is 2.34. The topological polar surface area (TPSA) is 51.8 Å². The van der Waals surface area contributed by atoms with Crippen LogP contribution in [0.15, 0.2) is 12.1 Å². The molecule has 0 heterocycles. The van der Waals surface area contributed by atoms with Crippen LogP contribution in [0.4, 0.5) is 0 Å². The number of benzene rings is 1. The van der Waals surface area contributed by atoms with Crippen LogP contribution in [0.2, 0.25) is 0 Å². The highest BCUT2D eigenvalue weighted by atomic mass is 16.5. The fourth-order valence-corrected chi connectivity index (χ4v) is 1.88. The average molecular weight is 268 g/mol. The molecule has 0 aliphatic rings. The minimum atomic E-state index is 0.737. The molecule has 0 fully saturated rings. The Bertz CT molecular complexity index is 358. The first-order valence-electron chi connectivity index (χ1n) is 6.41. The zero-order valence-corrected chi connectivity index (χ0v) is 12.2. The van der Waals surface area contributed by atoms with Gasteiger partial charge in [-0.1, -0.05) is 0 Å². The van der Waals surface area contributed by atoms with Crippen LogP contribution in [-0.4, -0.2) is 48.0 Å². The van der Waals surface area contributed by atoms with E-state index in [9.17, 15) is 0 Å². The highest BCUT2D eigenvalue weighted by molar-refractivity contribution is 5.50. The zero-order valence-electron chi connectivity index (χ0n) is 12.2. The van der Waals surface area contributed by atoms with Gasteiger partial charge in [0.05, 0.1) is 21.3 Å². The second-order valence-corrected chi connectivity index (χ2v) is 4.11. The molecule has 1 aromatic rings. The number of likely N-dealkylation sites (N-methyl/N-ethyl adjacent to an activating group) is 1. The Morgan fingerprint density at radius 1 is 0.895 bits per heavy atom. The summed E-state index contributed by atoms with van der Waals surface area (Å²) >= 11 is 0. The first-order valence-corrected chi connectivity index (χ1v) is 6.41. The van der Waals surface area contributed by atoms with Gasteiger partial charge in [-0.05, 0) is 20.0 Å². The zero-order chi connectivity index (χ0) is 14.1. The molecular formula is C14H24N2O3. The van der Waals surface area contributed by atoms with E-state index in [2.05, 4.69) is 10.6 Å². The van der Waals surface area contributed by atoms with Crippen LogP contribution in [0, 0.1) is 0 Å². The SMILES string of the molecule is CNCCNCCc1c(OC)cc(OC)cc1OC. The molecule has 0 saturated heterocycles. The van der Waals surface area contributed by atoms with Crippen molar-refractivity contribution in [3.8, 4) is 17.2 Å². The second kappa shape index (κ2) is 8.61. The maximum absolute atomic E-state index is 5.41. The summed E-state index contributed by atoms with van der Waals surface area (Å²) in [4.78, 5) is 0. The van der Waals surface area contributed by atoms with Gasteiger partial charge in [0.25, 0.3) is 0 Å². The number of rotatable bonds is 9. The summed E-state index contributed by atoms with van der Waals surface area (Å²) in [6, 6.07) is 3.76. The van der Waals surface area contributed by atoms with Crippen LogP contribution in [-0.2, 0) is 6.42 Å². The van der Waals surface area contributed by atoms with Gasteiger partial charge >= 0.3 is 0 Å². The molecule has 5 heteroatoms. The van der Waals surface area contributed by atoms with E-state index < -0.39 is 0 Å². The number of methoxy groups -OCH3 is 3. The number of nitrogens with one attached hydrogen (secondary N) is 2. The van der Waals surface area contributed by atoms with Crippen molar-refractivity contribution in [2.45, 2.75) is 6.42 Å². The monoisotopic (exact) mass is 268 g/mol. The Hall–Kier alpha value is -1.46. The third-order valence-corrected chi connectivity index (χ3v) is 2.92. The molecule has 0 aliphatic carbocycles. The molecule has 0 atom stereocenters. The molecule has 1 aromatic carbocycles. The molecule has 2 N–H and O–H groups in total. The number of hydrogen-bond donors (Lipinski definition) is 2. The lowest BCUT2D eigenvalue weighted by Gasteiger charge is -2.15. The summed E-state index contributed by atoms with van der Waals surface area (Å²) < 4.78 is 16.0. The number of hydrogen-bond acceptors (Lipinski definition) is 5. The Labute approximate surface area is 115 Å². The van der Waals surface area contributed by atoms with Crippen molar-refractivity contribution < 1.29 is 14.2 Å². The molecule has 108 valence electrons. The third-order valence-electron chi connectivity index (χ3n) is 2.92. The Kier molecular flexibility index (Phi) is 7.07. The Morgan fingerprint density at radius 3 is 2.00 bits per heavy atom. The fourth-order valence-electron chi connectivity index (χ4n) is 1.88. The predicted octanol–water partition coefficient (Wildman–Crippen LogP) is 1.06. The normalized spacial score (nSPS) is 10.3. The Morgan fingerprint density at radius 2 is 1.53 bits per heavy atom. The lowest BCUT2D eigenvalue weighted by Crippen LogP contribution is -2.26. The van der Waals surface area contributed by atoms with E-state index in [0.717, 1.165) is 48.9 Å². The second-order valence-electron chi connectivity index (χ2n) is 4.11. The van der Waals surface area contributed by atoms with Gasteiger partial charge in [0.2, 0.25) is 0 Å². The van der Waals surface area contributed by atoms with E-state index >= 15 is 0 Å². The van der Waals surface area contributed by atoms with E-state index in [1.807, 2.05) is 19.2 Å². The average Bonchev–Trinajstić information content (AvgIpc) is 2.46. The van der Waals surface area contributed by atoms with Gasteiger partial charge in [0.1, 0.15) is 17.2 Å². The van der Waals surface area contributed by atoms with Crippen molar-refractivity contribution in [3.05, 3.63) is 17.7 Å². The highest BCUT2D eigenvalue weighted by Gasteiger charge is 2.12. The lowest BCUT2D eigenvalue weighted by atomic mass is 10.1. The first-order chi connectivity index (χ1) is 9.26. The molecule has 0 aromatic heterocycles. The molecule has 5 nitrogen and oxygen atoms in total. The van der Waals surface area contributed by atoms with Crippen LogP contribution in [0.1, 0.15) is 5.56 Å². The van der Waals surface area contributed by atoms with Crippen LogP contribution in [0.25, 0.3) is 0 Å². The van der Waals surface area contributed by atoms with E-state index in [-0.39, 0.29) is 0 Å². The van der Waals surface area contributed by atoms with Gasteiger partial charge in [-0.3, -0.25) is 0 Å². The molecule has 0 saturated carbocycles. The molecule has 0 bridgehead atoms. The molecule has 19 heavy (non-hydrogen) atoms. The third kappa shape index (κ3) is 4.61. The largest absolute Gasteiger partial charge is 0.496 e. The van der Waals surface area contributed by atoms with Crippen LogP contribution in [0.5, 0.6) is 17.2 Å². The van der Waals surface area contributed by atoms with Gasteiger partial charge in [0.15, 0.2) is 0 Å². The van der Waals surface area contributed by atoms with Gasteiger partial charge in [0, 0.05) is 30.8 Å². The van der Waals surface area contributed by atoms with Gasteiger partial charge < -0.3 is 24.8 Å². The van der Waals surface area contributed by atoms with Crippen molar-refractivity contribution in [2.75, 3.05) is 48.0 Å². The predicted molar refractivity (Wildman–Crippen MR) is 76.6 cm³/mol. The maximum atomic E-state index is 5.41. The van der Waals surface area contributed by atoms with E-state index in [1.165, 1.54) is 0 Å². The van der Waals surface area contributed by atoms with Crippen molar-refractivity contribution in [1.29, 1.82) is 0 Å². The van der Waals surface area contributed by atoms with Crippen molar-refractivity contribution >= 4 is 0 Å². The summed E-state index contributed by atoms with van der Waals surface area (Å²) in [5, 5.41) is 6.46. The summed E-state index contributed by atoms with van der Waals surface area (Å²) in [7, 11) is 6.89. The maximum Gasteiger partial charge on any atom is 0.129 e. The number of ether oxygens (including phenoxy) is 3. The minimum Gasteiger partial charge on any atom is -0.496 e. The van der Waals surface area contributed by atoms with Crippen molar-refractivity contribution in [3.63, 3.8) is 0 Å².